The molecular weight excluding hydrogens is 196 g/mol. The molecule has 0 aliphatic rings. The second-order valence-corrected chi connectivity index (χ2v) is 3.20. The predicted octanol–water partition coefficient (Wildman–Crippen LogP) is 0.00750. The first-order chi connectivity index (χ1) is 7.11. The standard InChI is InChI=1S/C10H20N2O3/c1-4-10(14)11-5-6-12(9(2)13)7-8-15-3/h4-8H2,1-3H3,(H,11,14). The highest BCUT2D eigenvalue weighted by molar-refractivity contribution is 5.75. The first kappa shape index (κ1) is 13.9. The molecule has 2 amide bonds. The van der Waals surface area contributed by atoms with Crippen LogP contribution in [0, 0.1) is 0 Å². The number of nitrogens with zero attached hydrogens (tertiary/aromatic N) is 1. The molecule has 5 nitrogen and oxygen atoms in total. The topological polar surface area (TPSA) is 58.6 Å². The molecule has 5 heteroatoms. The van der Waals surface area contributed by atoms with E-state index in [1.54, 1.807) is 18.9 Å². The molecule has 0 saturated carbocycles. The second-order valence-electron chi connectivity index (χ2n) is 3.20. The predicted molar refractivity (Wildman–Crippen MR) is 57.4 cm³/mol. The highest BCUT2D eigenvalue weighted by atomic mass is 16.5. The van der Waals surface area contributed by atoms with Crippen molar-refractivity contribution in [3.8, 4) is 0 Å². The maximum absolute atomic E-state index is 11.2. The van der Waals surface area contributed by atoms with E-state index in [0.29, 0.717) is 32.7 Å². The average Bonchev–Trinajstić information content (AvgIpc) is 2.22. The summed E-state index contributed by atoms with van der Waals surface area (Å²) < 4.78 is 4.89. The molecule has 0 rings (SSSR count). The molecule has 1 N–H and O–H groups in total. The minimum Gasteiger partial charge on any atom is -0.383 e. The van der Waals surface area contributed by atoms with Gasteiger partial charge >= 0.3 is 0 Å². The third-order valence-corrected chi connectivity index (χ3v) is 2.04. The Morgan fingerprint density at radius 2 is 2.00 bits per heavy atom. The summed E-state index contributed by atoms with van der Waals surface area (Å²) in [5.74, 6) is 0.00282. The number of methoxy groups -OCH3 is 1. The molecule has 0 aliphatic heterocycles. The van der Waals surface area contributed by atoms with Crippen LogP contribution in [0.1, 0.15) is 20.3 Å². The van der Waals surface area contributed by atoms with Gasteiger partial charge in [-0.25, -0.2) is 0 Å². The lowest BCUT2D eigenvalue weighted by Crippen LogP contribution is -2.39. The second kappa shape index (κ2) is 8.23. The van der Waals surface area contributed by atoms with Gasteiger partial charge in [0.2, 0.25) is 11.8 Å². The highest BCUT2D eigenvalue weighted by Crippen LogP contribution is 1.89. The highest BCUT2D eigenvalue weighted by Gasteiger charge is 2.07. The van der Waals surface area contributed by atoms with E-state index in [0.717, 1.165) is 0 Å². The van der Waals surface area contributed by atoms with E-state index in [9.17, 15) is 9.59 Å². The molecule has 15 heavy (non-hydrogen) atoms. The monoisotopic (exact) mass is 216 g/mol. The average molecular weight is 216 g/mol. The SMILES string of the molecule is CCC(=O)NCCN(CCOC)C(C)=O. The van der Waals surface area contributed by atoms with Gasteiger partial charge in [0, 0.05) is 40.1 Å². The fourth-order valence-corrected chi connectivity index (χ4v) is 1.08. The van der Waals surface area contributed by atoms with Crippen LogP contribution in [0.5, 0.6) is 0 Å². The molecule has 0 heterocycles. The Kier molecular flexibility index (Phi) is 7.62. The van der Waals surface area contributed by atoms with E-state index >= 15 is 0 Å². The van der Waals surface area contributed by atoms with Gasteiger partial charge in [0.25, 0.3) is 0 Å². The summed E-state index contributed by atoms with van der Waals surface area (Å²) >= 11 is 0. The van der Waals surface area contributed by atoms with Crippen LogP contribution < -0.4 is 5.32 Å². The first-order valence-corrected chi connectivity index (χ1v) is 5.13. The third-order valence-electron chi connectivity index (χ3n) is 2.04. The number of hydrogen-bond acceptors (Lipinski definition) is 3. The number of carbonyl (C=O) groups excluding carboxylic acids is 2. The maximum atomic E-state index is 11.2. The van der Waals surface area contributed by atoms with Crippen LogP contribution in [0.3, 0.4) is 0 Å². The van der Waals surface area contributed by atoms with Crippen molar-refractivity contribution in [3.63, 3.8) is 0 Å². The molecule has 0 fully saturated rings. The van der Waals surface area contributed by atoms with Crippen LogP contribution in [0.2, 0.25) is 0 Å². The Morgan fingerprint density at radius 1 is 1.33 bits per heavy atom. The van der Waals surface area contributed by atoms with Gasteiger partial charge in [0.05, 0.1) is 6.61 Å². The normalized spacial score (nSPS) is 9.80. The molecular formula is C10H20N2O3. The maximum Gasteiger partial charge on any atom is 0.219 e. The Hall–Kier alpha value is -1.10. The van der Waals surface area contributed by atoms with Crippen LogP contribution in [0.25, 0.3) is 0 Å². The molecule has 0 radical (unpaired) electrons. The molecule has 0 aliphatic carbocycles. The molecule has 0 atom stereocenters. The van der Waals surface area contributed by atoms with Crippen LogP contribution >= 0.6 is 0 Å². The van der Waals surface area contributed by atoms with E-state index in [2.05, 4.69) is 5.32 Å². The number of nitrogens with one attached hydrogen (secondary N) is 1. The fourth-order valence-electron chi connectivity index (χ4n) is 1.08. The number of carbonyl (C=O) groups is 2. The molecule has 0 aromatic carbocycles. The molecule has 0 bridgehead atoms. The lowest BCUT2D eigenvalue weighted by Gasteiger charge is -2.20. The number of hydrogen-bond donors (Lipinski definition) is 1. The van der Waals surface area contributed by atoms with Crippen molar-refractivity contribution in [2.45, 2.75) is 20.3 Å². The Bertz CT molecular complexity index is 207. The summed E-state index contributed by atoms with van der Waals surface area (Å²) in [7, 11) is 1.59. The van der Waals surface area contributed by atoms with Crippen LogP contribution in [0.4, 0.5) is 0 Å². The van der Waals surface area contributed by atoms with Gasteiger partial charge in [-0.15, -0.1) is 0 Å². The summed E-state index contributed by atoms with van der Waals surface area (Å²) in [6.45, 7) is 5.41. The molecule has 0 saturated heterocycles. The lowest BCUT2D eigenvalue weighted by atomic mass is 10.4. The van der Waals surface area contributed by atoms with Crippen LogP contribution in [-0.2, 0) is 14.3 Å². The van der Waals surface area contributed by atoms with E-state index in [1.807, 2.05) is 0 Å². The van der Waals surface area contributed by atoms with Crippen molar-refractivity contribution in [3.05, 3.63) is 0 Å². The first-order valence-electron chi connectivity index (χ1n) is 5.13. The van der Waals surface area contributed by atoms with Crippen LogP contribution in [-0.4, -0.2) is 50.1 Å². The van der Waals surface area contributed by atoms with E-state index in [4.69, 9.17) is 4.74 Å². The molecule has 88 valence electrons. The van der Waals surface area contributed by atoms with Gasteiger partial charge in [0.1, 0.15) is 0 Å². The Morgan fingerprint density at radius 3 is 2.47 bits per heavy atom. The number of ether oxygens (including phenoxy) is 1. The van der Waals surface area contributed by atoms with Crippen molar-refractivity contribution < 1.29 is 14.3 Å². The Balaban J connectivity index is 3.75. The van der Waals surface area contributed by atoms with E-state index in [-0.39, 0.29) is 11.8 Å². The minimum atomic E-state index is -0.00204. The van der Waals surface area contributed by atoms with E-state index in [1.165, 1.54) is 6.92 Å². The van der Waals surface area contributed by atoms with Crippen molar-refractivity contribution in [2.24, 2.45) is 0 Å². The smallest absolute Gasteiger partial charge is 0.219 e. The number of amides is 2. The molecule has 0 spiro atoms. The van der Waals surface area contributed by atoms with Gasteiger partial charge in [-0.2, -0.15) is 0 Å². The number of rotatable bonds is 7. The zero-order chi connectivity index (χ0) is 11.7. The zero-order valence-corrected chi connectivity index (χ0v) is 9.71. The van der Waals surface area contributed by atoms with Gasteiger partial charge in [-0.05, 0) is 0 Å². The summed E-state index contributed by atoms with van der Waals surface area (Å²) in [5, 5.41) is 2.72. The largest absolute Gasteiger partial charge is 0.383 e. The molecule has 0 aromatic heterocycles. The van der Waals surface area contributed by atoms with Crippen molar-refractivity contribution in [1.82, 2.24) is 10.2 Å². The van der Waals surface area contributed by atoms with Crippen molar-refractivity contribution >= 4 is 11.8 Å². The van der Waals surface area contributed by atoms with Crippen LogP contribution in [0.15, 0.2) is 0 Å². The quantitative estimate of drug-likeness (QED) is 0.652. The van der Waals surface area contributed by atoms with Gasteiger partial charge in [0.15, 0.2) is 0 Å². The van der Waals surface area contributed by atoms with Crippen molar-refractivity contribution in [2.75, 3.05) is 33.4 Å². The molecule has 0 aromatic rings. The summed E-state index contributed by atoms with van der Waals surface area (Å²) in [4.78, 5) is 23.7. The van der Waals surface area contributed by atoms with Gasteiger partial charge in [-0.1, -0.05) is 6.92 Å². The lowest BCUT2D eigenvalue weighted by molar-refractivity contribution is -0.130. The van der Waals surface area contributed by atoms with Crippen molar-refractivity contribution in [1.29, 1.82) is 0 Å². The summed E-state index contributed by atoms with van der Waals surface area (Å²) in [6, 6.07) is 0. The summed E-state index contributed by atoms with van der Waals surface area (Å²) in [5.41, 5.74) is 0. The Labute approximate surface area is 90.8 Å². The molecule has 0 unspecified atom stereocenters. The third kappa shape index (κ3) is 6.90. The minimum absolute atomic E-state index is 0.00204. The van der Waals surface area contributed by atoms with E-state index < -0.39 is 0 Å². The zero-order valence-electron chi connectivity index (χ0n) is 9.71. The van der Waals surface area contributed by atoms with Gasteiger partial charge in [-0.3, -0.25) is 9.59 Å². The fraction of sp³-hybridized carbons (Fsp3) is 0.800. The van der Waals surface area contributed by atoms with Gasteiger partial charge < -0.3 is 15.0 Å². The summed E-state index contributed by atoms with van der Waals surface area (Å²) in [6.07, 6.45) is 0.470.